The van der Waals surface area contributed by atoms with Crippen molar-refractivity contribution in [3.05, 3.63) is 23.9 Å². The number of likely N-dealkylation sites (N-methyl/N-ethyl adjacent to an activating group) is 1. The number of nitrogen functional groups attached to an aromatic ring is 1. The van der Waals surface area contributed by atoms with E-state index in [9.17, 15) is 0 Å². The molecule has 0 aliphatic carbocycles. The summed E-state index contributed by atoms with van der Waals surface area (Å²) in [6.07, 6.45) is 4.51. The molecule has 0 radical (unpaired) electrons. The first-order valence-electron chi connectivity index (χ1n) is 7.14. The zero-order valence-electron chi connectivity index (χ0n) is 12.6. The van der Waals surface area contributed by atoms with Crippen LogP contribution < -0.4 is 11.1 Å². The van der Waals surface area contributed by atoms with Crippen molar-refractivity contribution in [1.82, 2.24) is 10.3 Å². The number of pyridine rings is 1. The Labute approximate surface area is 116 Å². The fourth-order valence-electron chi connectivity index (χ4n) is 2.73. The van der Waals surface area contributed by atoms with Crippen molar-refractivity contribution in [2.45, 2.75) is 51.7 Å². The number of rotatable bonds is 8. The molecule has 4 nitrogen and oxygen atoms in total. The van der Waals surface area contributed by atoms with Crippen LogP contribution in [-0.2, 0) is 11.2 Å². The van der Waals surface area contributed by atoms with Crippen LogP contribution in [0.3, 0.4) is 0 Å². The standard InChI is InChI=1S/C15H27N3O/c1-5-15(6-2,19-7-3)13(17-4)11-12-9-8-10-18-14(12)16/h8-10,13,17H,5-7,11H2,1-4H3,(H2,16,18). The van der Waals surface area contributed by atoms with Crippen LogP contribution in [0.1, 0.15) is 39.2 Å². The molecule has 0 amide bonds. The van der Waals surface area contributed by atoms with Gasteiger partial charge in [0.15, 0.2) is 0 Å². The van der Waals surface area contributed by atoms with Gasteiger partial charge in [0.2, 0.25) is 0 Å². The molecule has 0 saturated heterocycles. The molecule has 1 unspecified atom stereocenters. The Hall–Kier alpha value is -1.13. The van der Waals surface area contributed by atoms with E-state index < -0.39 is 0 Å². The van der Waals surface area contributed by atoms with Crippen molar-refractivity contribution in [2.24, 2.45) is 0 Å². The van der Waals surface area contributed by atoms with Gasteiger partial charge in [0.05, 0.1) is 5.60 Å². The summed E-state index contributed by atoms with van der Waals surface area (Å²) in [5, 5.41) is 3.40. The molecule has 108 valence electrons. The van der Waals surface area contributed by atoms with Crippen molar-refractivity contribution in [3.63, 3.8) is 0 Å². The Bertz CT molecular complexity index is 377. The summed E-state index contributed by atoms with van der Waals surface area (Å²) in [7, 11) is 1.98. The normalized spacial score (nSPS) is 13.5. The van der Waals surface area contributed by atoms with Gasteiger partial charge in [0.25, 0.3) is 0 Å². The number of anilines is 1. The van der Waals surface area contributed by atoms with E-state index in [0.717, 1.165) is 31.4 Å². The van der Waals surface area contributed by atoms with Gasteiger partial charge in [-0.3, -0.25) is 0 Å². The van der Waals surface area contributed by atoms with Gasteiger partial charge in [0.1, 0.15) is 5.82 Å². The molecule has 1 aromatic heterocycles. The Morgan fingerprint density at radius 3 is 2.53 bits per heavy atom. The number of hydrogen-bond acceptors (Lipinski definition) is 4. The van der Waals surface area contributed by atoms with Crippen molar-refractivity contribution >= 4 is 5.82 Å². The molecule has 0 saturated carbocycles. The SMILES string of the molecule is CCOC(CC)(CC)C(Cc1cccnc1N)NC. The maximum absolute atomic E-state index is 6.07. The third-order valence-corrected chi connectivity index (χ3v) is 3.96. The van der Waals surface area contributed by atoms with E-state index in [2.05, 4.69) is 24.1 Å². The highest BCUT2D eigenvalue weighted by atomic mass is 16.5. The number of nitrogens with two attached hydrogens (primary N) is 1. The van der Waals surface area contributed by atoms with Gasteiger partial charge in [-0.2, -0.15) is 0 Å². The lowest BCUT2D eigenvalue weighted by atomic mass is 9.84. The predicted molar refractivity (Wildman–Crippen MR) is 80.1 cm³/mol. The second kappa shape index (κ2) is 7.46. The molecule has 0 aliphatic rings. The van der Waals surface area contributed by atoms with Crippen LogP contribution in [0.4, 0.5) is 5.82 Å². The Balaban J connectivity index is 2.95. The molecular formula is C15H27N3O. The minimum atomic E-state index is -0.147. The highest BCUT2D eigenvalue weighted by Gasteiger charge is 2.35. The first-order valence-corrected chi connectivity index (χ1v) is 7.14. The highest BCUT2D eigenvalue weighted by molar-refractivity contribution is 5.39. The molecule has 3 N–H and O–H groups in total. The molecule has 1 rings (SSSR count). The molecule has 19 heavy (non-hydrogen) atoms. The molecular weight excluding hydrogens is 238 g/mol. The third-order valence-electron chi connectivity index (χ3n) is 3.96. The number of ether oxygens (including phenoxy) is 1. The van der Waals surface area contributed by atoms with E-state index in [1.807, 2.05) is 26.1 Å². The third kappa shape index (κ3) is 3.67. The van der Waals surface area contributed by atoms with E-state index in [1.165, 1.54) is 0 Å². The van der Waals surface area contributed by atoms with Gasteiger partial charge < -0.3 is 15.8 Å². The quantitative estimate of drug-likeness (QED) is 0.757. The van der Waals surface area contributed by atoms with Crippen LogP contribution in [0, 0.1) is 0 Å². The lowest BCUT2D eigenvalue weighted by molar-refractivity contribution is -0.0703. The van der Waals surface area contributed by atoms with Crippen LogP contribution in [0.15, 0.2) is 18.3 Å². The predicted octanol–water partition coefficient (Wildman–Crippen LogP) is 2.39. The largest absolute Gasteiger partial charge is 0.383 e. The minimum Gasteiger partial charge on any atom is -0.383 e. The summed E-state index contributed by atoms with van der Waals surface area (Å²) < 4.78 is 6.07. The smallest absolute Gasteiger partial charge is 0.126 e. The molecule has 1 atom stereocenters. The monoisotopic (exact) mass is 265 g/mol. The topological polar surface area (TPSA) is 60.2 Å². The van der Waals surface area contributed by atoms with Gasteiger partial charge in [-0.15, -0.1) is 0 Å². The number of nitrogens with zero attached hydrogens (tertiary/aromatic N) is 1. The van der Waals surface area contributed by atoms with Crippen LogP contribution in [0.25, 0.3) is 0 Å². The maximum Gasteiger partial charge on any atom is 0.126 e. The second-order valence-electron chi connectivity index (χ2n) is 4.80. The molecule has 1 aromatic rings. The first-order chi connectivity index (χ1) is 9.13. The van der Waals surface area contributed by atoms with Gasteiger partial charge in [0, 0.05) is 18.8 Å². The van der Waals surface area contributed by atoms with E-state index in [4.69, 9.17) is 10.5 Å². The van der Waals surface area contributed by atoms with Gasteiger partial charge in [-0.25, -0.2) is 4.98 Å². The van der Waals surface area contributed by atoms with Crippen LogP contribution in [0.2, 0.25) is 0 Å². The zero-order valence-corrected chi connectivity index (χ0v) is 12.6. The lowest BCUT2D eigenvalue weighted by Crippen LogP contribution is -2.52. The fraction of sp³-hybridized carbons (Fsp3) is 0.667. The second-order valence-corrected chi connectivity index (χ2v) is 4.80. The number of aromatic nitrogens is 1. The number of hydrogen-bond donors (Lipinski definition) is 2. The average molecular weight is 265 g/mol. The molecule has 0 spiro atoms. The summed E-state index contributed by atoms with van der Waals surface area (Å²) in [5.41, 5.74) is 6.87. The average Bonchev–Trinajstić information content (AvgIpc) is 2.44. The van der Waals surface area contributed by atoms with Crippen LogP contribution in [0.5, 0.6) is 0 Å². The molecule has 0 fully saturated rings. The van der Waals surface area contributed by atoms with Crippen molar-refractivity contribution in [1.29, 1.82) is 0 Å². The summed E-state index contributed by atoms with van der Waals surface area (Å²) in [4.78, 5) is 4.16. The lowest BCUT2D eigenvalue weighted by Gasteiger charge is -2.39. The molecule has 4 heteroatoms. The summed E-state index contributed by atoms with van der Waals surface area (Å²) in [6.45, 7) is 7.12. The molecule has 0 bridgehead atoms. The van der Waals surface area contributed by atoms with E-state index in [0.29, 0.717) is 5.82 Å². The Morgan fingerprint density at radius 1 is 1.37 bits per heavy atom. The van der Waals surface area contributed by atoms with Gasteiger partial charge in [-0.05, 0) is 44.9 Å². The maximum atomic E-state index is 6.07. The van der Waals surface area contributed by atoms with Crippen LogP contribution >= 0.6 is 0 Å². The van der Waals surface area contributed by atoms with E-state index in [1.54, 1.807) is 6.20 Å². The summed E-state index contributed by atoms with van der Waals surface area (Å²) in [6, 6.07) is 4.20. The zero-order chi connectivity index (χ0) is 14.3. The van der Waals surface area contributed by atoms with E-state index >= 15 is 0 Å². The van der Waals surface area contributed by atoms with Crippen LogP contribution in [-0.4, -0.2) is 30.3 Å². The van der Waals surface area contributed by atoms with E-state index in [-0.39, 0.29) is 11.6 Å². The summed E-state index contributed by atoms with van der Waals surface area (Å²) in [5.74, 6) is 0.611. The minimum absolute atomic E-state index is 0.147. The van der Waals surface area contributed by atoms with Crippen molar-refractivity contribution in [3.8, 4) is 0 Å². The van der Waals surface area contributed by atoms with Crippen molar-refractivity contribution in [2.75, 3.05) is 19.4 Å². The Morgan fingerprint density at radius 2 is 2.05 bits per heavy atom. The molecule has 0 aromatic carbocycles. The molecule has 1 heterocycles. The highest BCUT2D eigenvalue weighted by Crippen LogP contribution is 2.28. The van der Waals surface area contributed by atoms with Gasteiger partial charge >= 0.3 is 0 Å². The summed E-state index contributed by atoms with van der Waals surface area (Å²) >= 11 is 0. The fourth-order valence-corrected chi connectivity index (χ4v) is 2.73. The molecule has 0 aliphatic heterocycles. The first kappa shape index (κ1) is 15.9. The Kier molecular flexibility index (Phi) is 6.25. The van der Waals surface area contributed by atoms with Crippen molar-refractivity contribution < 1.29 is 4.74 Å². The number of nitrogens with one attached hydrogen (secondary N) is 1. The van der Waals surface area contributed by atoms with Gasteiger partial charge in [-0.1, -0.05) is 19.9 Å².